The van der Waals surface area contributed by atoms with Crippen LogP contribution in [0.1, 0.15) is 43.9 Å². The van der Waals surface area contributed by atoms with E-state index < -0.39 is 0 Å². The highest BCUT2D eigenvalue weighted by Gasteiger charge is 2.24. The minimum absolute atomic E-state index is 0.547. The topological polar surface area (TPSA) is 37.4 Å². The highest BCUT2D eigenvalue weighted by atomic mass is 16.5. The Labute approximate surface area is 113 Å². The van der Waals surface area contributed by atoms with Crippen LogP contribution in [0, 0.1) is 0 Å². The molecule has 3 rings (SSSR count). The van der Waals surface area contributed by atoms with Crippen LogP contribution in [0.4, 0.5) is 0 Å². The molecular weight excluding hydrogens is 236 g/mol. The Morgan fingerprint density at radius 1 is 1.42 bits per heavy atom. The zero-order valence-electron chi connectivity index (χ0n) is 11.8. The van der Waals surface area contributed by atoms with E-state index in [1.54, 1.807) is 7.11 Å². The molecule has 0 bridgehead atoms. The number of fused-ring (bicyclic) bond motifs is 3. The van der Waals surface area contributed by atoms with Crippen molar-refractivity contribution in [2.75, 3.05) is 13.7 Å². The SMILES string of the molecule is CCC[C@H]1CN=C(C)c2[nH]c3cc(OC)ccc3c21. The van der Waals surface area contributed by atoms with Crippen LogP contribution in [0.2, 0.25) is 0 Å². The first-order chi connectivity index (χ1) is 9.24. The van der Waals surface area contributed by atoms with Gasteiger partial charge in [-0.1, -0.05) is 13.3 Å². The molecule has 0 aliphatic carbocycles. The second-order valence-corrected chi connectivity index (χ2v) is 5.24. The Morgan fingerprint density at radius 3 is 3.00 bits per heavy atom. The summed E-state index contributed by atoms with van der Waals surface area (Å²) in [6.07, 6.45) is 2.39. The van der Waals surface area contributed by atoms with Crippen molar-refractivity contribution in [1.29, 1.82) is 0 Å². The summed E-state index contributed by atoms with van der Waals surface area (Å²) in [5, 5.41) is 1.32. The fourth-order valence-corrected chi connectivity index (χ4v) is 3.04. The number of nitrogens with zero attached hydrogens (tertiary/aromatic N) is 1. The molecule has 0 spiro atoms. The molecule has 1 N–H and O–H groups in total. The zero-order chi connectivity index (χ0) is 13.4. The van der Waals surface area contributed by atoms with E-state index in [0.717, 1.165) is 23.5 Å². The molecule has 0 radical (unpaired) electrons. The summed E-state index contributed by atoms with van der Waals surface area (Å²) in [7, 11) is 1.70. The first kappa shape index (κ1) is 12.3. The fraction of sp³-hybridized carbons (Fsp3) is 0.438. The van der Waals surface area contributed by atoms with Crippen molar-refractivity contribution >= 4 is 16.6 Å². The summed E-state index contributed by atoms with van der Waals surface area (Å²) >= 11 is 0. The van der Waals surface area contributed by atoms with Gasteiger partial charge in [0.1, 0.15) is 5.75 Å². The third-order valence-corrected chi connectivity index (χ3v) is 4.00. The molecule has 1 aliphatic rings. The normalized spacial score (nSPS) is 18.3. The quantitative estimate of drug-likeness (QED) is 0.889. The van der Waals surface area contributed by atoms with Crippen molar-refractivity contribution in [3.63, 3.8) is 0 Å². The van der Waals surface area contributed by atoms with Gasteiger partial charge in [0.15, 0.2) is 0 Å². The van der Waals surface area contributed by atoms with Crippen LogP contribution in [0.5, 0.6) is 5.75 Å². The number of aromatic nitrogens is 1. The van der Waals surface area contributed by atoms with Gasteiger partial charge >= 0.3 is 0 Å². The Hall–Kier alpha value is -1.77. The van der Waals surface area contributed by atoms with Crippen LogP contribution in [0.25, 0.3) is 10.9 Å². The maximum Gasteiger partial charge on any atom is 0.120 e. The summed E-state index contributed by atoms with van der Waals surface area (Å²) in [4.78, 5) is 8.18. The summed E-state index contributed by atoms with van der Waals surface area (Å²) < 4.78 is 5.31. The maximum atomic E-state index is 5.31. The molecule has 0 amide bonds. The molecule has 100 valence electrons. The van der Waals surface area contributed by atoms with Gasteiger partial charge < -0.3 is 9.72 Å². The predicted molar refractivity (Wildman–Crippen MR) is 79.6 cm³/mol. The van der Waals surface area contributed by atoms with Crippen LogP contribution >= 0.6 is 0 Å². The van der Waals surface area contributed by atoms with E-state index in [1.165, 1.54) is 29.5 Å². The van der Waals surface area contributed by atoms with Crippen LogP contribution < -0.4 is 4.74 Å². The minimum atomic E-state index is 0.547. The lowest BCUT2D eigenvalue weighted by Crippen LogP contribution is -2.14. The van der Waals surface area contributed by atoms with E-state index in [1.807, 2.05) is 6.07 Å². The average Bonchev–Trinajstić information content (AvgIpc) is 2.81. The van der Waals surface area contributed by atoms with E-state index >= 15 is 0 Å². The van der Waals surface area contributed by atoms with E-state index in [9.17, 15) is 0 Å². The van der Waals surface area contributed by atoms with Crippen molar-refractivity contribution in [1.82, 2.24) is 4.98 Å². The van der Waals surface area contributed by atoms with E-state index in [4.69, 9.17) is 4.74 Å². The molecule has 19 heavy (non-hydrogen) atoms. The molecule has 2 aromatic rings. The molecule has 3 nitrogen and oxygen atoms in total. The number of nitrogens with one attached hydrogen (secondary N) is 1. The summed E-state index contributed by atoms with van der Waals surface area (Å²) in [6.45, 7) is 5.25. The number of aromatic amines is 1. The fourth-order valence-electron chi connectivity index (χ4n) is 3.04. The number of H-pyrrole nitrogens is 1. The van der Waals surface area contributed by atoms with Gasteiger partial charge in [0, 0.05) is 29.4 Å². The Morgan fingerprint density at radius 2 is 2.26 bits per heavy atom. The molecule has 3 heteroatoms. The molecule has 0 saturated carbocycles. The number of ether oxygens (including phenoxy) is 1. The zero-order valence-corrected chi connectivity index (χ0v) is 11.8. The van der Waals surface area contributed by atoms with Crippen molar-refractivity contribution < 1.29 is 4.74 Å². The van der Waals surface area contributed by atoms with Crippen LogP contribution in [-0.2, 0) is 0 Å². The maximum absolute atomic E-state index is 5.31. The molecule has 0 saturated heterocycles. The summed E-state index contributed by atoms with van der Waals surface area (Å²) in [5.74, 6) is 1.44. The van der Waals surface area contributed by atoms with Gasteiger partial charge in [-0.3, -0.25) is 4.99 Å². The average molecular weight is 256 g/mol. The second kappa shape index (κ2) is 4.72. The number of benzene rings is 1. The van der Waals surface area contributed by atoms with E-state index in [-0.39, 0.29) is 0 Å². The Balaban J connectivity index is 2.20. The first-order valence-electron chi connectivity index (χ1n) is 6.95. The minimum Gasteiger partial charge on any atom is -0.497 e. The molecule has 1 aromatic heterocycles. The Bertz CT molecular complexity index is 639. The van der Waals surface area contributed by atoms with Crippen molar-refractivity contribution in [3.05, 3.63) is 29.5 Å². The molecule has 1 aliphatic heterocycles. The molecule has 0 unspecified atom stereocenters. The number of hydrogen-bond acceptors (Lipinski definition) is 2. The smallest absolute Gasteiger partial charge is 0.120 e. The number of rotatable bonds is 3. The van der Waals surface area contributed by atoms with Gasteiger partial charge in [0.05, 0.1) is 18.5 Å². The van der Waals surface area contributed by atoms with Gasteiger partial charge in [-0.2, -0.15) is 0 Å². The lowest BCUT2D eigenvalue weighted by molar-refractivity contribution is 0.415. The highest BCUT2D eigenvalue weighted by Crippen LogP contribution is 2.36. The predicted octanol–water partition coefficient (Wildman–Crippen LogP) is 3.88. The summed E-state index contributed by atoms with van der Waals surface area (Å²) in [5.41, 5.74) is 4.94. The highest BCUT2D eigenvalue weighted by molar-refractivity contribution is 6.05. The van der Waals surface area contributed by atoms with Gasteiger partial charge in [-0.05, 0) is 31.0 Å². The van der Waals surface area contributed by atoms with Crippen LogP contribution in [0.3, 0.4) is 0 Å². The van der Waals surface area contributed by atoms with Gasteiger partial charge in [0.2, 0.25) is 0 Å². The third-order valence-electron chi connectivity index (χ3n) is 4.00. The number of hydrogen-bond donors (Lipinski definition) is 1. The third kappa shape index (κ3) is 1.93. The molecule has 2 heterocycles. The lowest BCUT2D eigenvalue weighted by atomic mass is 9.89. The van der Waals surface area contributed by atoms with E-state index in [2.05, 4.69) is 36.0 Å². The van der Waals surface area contributed by atoms with Gasteiger partial charge in [0.25, 0.3) is 0 Å². The van der Waals surface area contributed by atoms with Gasteiger partial charge in [-0.25, -0.2) is 0 Å². The number of aliphatic imine (C=N–C) groups is 1. The Kier molecular flexibility index (Phi) is 3.05. The molecular formula is C16H20N2O. The second-order valence-electron chi connectivity index (χ2n) is 5.24. The number of methoxy groups -OCH3 is 1. The van der Waals surface area contributed by atoms with Gasteiger partial charge in [-0.15, -0.1) is 0 Å². The van der Waals surface area contributed by atoms with Crippen molar-refractivity contribution in [2.45, 2.75) is 32.6 Å². The van der Waals surface area contributed by atoms with Crippen LogP contribution in [0.15, 0.2) is 23.2 Å². The standard InChI is InChI=1S/C16H20N2O/c1-4-5-11-9-17-10(2)16-15(11)13-7-6-12(19-3)8-14(13)18-16/h6-8,11,18H,4-5,9H2,1-3H3/t11-/m0/s1. The molecule has 1 atom stereocenters. The molecule has 0 fully saturated rings. The summed E-state index contributed by atoms with van der Waals surface area (Å²) in [6, 6.07) is 6.29. The van der Waals surface area contributed by atoms with E-state index in [0.29, 0.717) is 5.92 Å². The first-order valence-corrected chi connectivity index (χ1v) is 6.95. The van der Waals surface area contributed by atoms with Crippen molar-refractivity contribution in [2.24, 2.45) is 4.99 Å². The lowest BCUT2D eigenvalue weighted by Gasteiger charge is -2.20. The molecule has 1 aromatic carbocycles. The van der Waals surface area contributed by atoms with Crippen LogP contribution in [-0.4, -0.2) is 24.4 Å². The monoisotopic (exact) mass is 256 g/mol. The largest absolute Gasteiger partial charge is 0.497 e. The van der Waals surface area contributed by atoms with Crippen molar-refractivity contribution in [3.8, 4) is 5.75 Å².